The van der Waals surface area contributed by atoms with Gasteiger partial charge in [-0.1, -0.05) is 26.0 Å². The highest BCUT2D eigenvalue weighted by Crippen LogP contribution is 2.29. The van der Waals surface area contributed by atoms with Gasteiger partial charge in [-0.25, -0.2) is 0 Å². The zero-order chi connectivity index (χ0) is 10.6. The van der Waals surface area contributed by atoms with E-state index in [-0.39, 0.29) is 0 Å². The van der Waals surface area contributed by atoms with Crippen LogP contribution in [0.1, 0.15) is 43.7 Å². The molecule has 74 valence electrons. The molecule has 0 aliphatic rings. The number of nitrogens with two attached hydrogens (primary N) is 1. The highest BCUT2D eigenvalue weighted by atomic mass is 14.6. The molecular formula is C12H16N2. The standard InChI is InChI=1S/C12H16N2/c1-3-9(4-2)11-7-5-6-10(8-13)12(11)14/h5-7,9H,3-4,14H2,1-2H3. The molecule has 0 unspecified atom stereocenters. The SMILES string of the molecule is CCC(CC)c1cccc(C#N)c1N. The lowest BCUT2D eigenvalue weighted by Gasteiger charge is -2.15. The van der Waals surface area contributed by atoms with Crippen molar-refractivity contribution in [3.63, 3.8) is 0 Å². The van der Waals surface area contributed by atoms with E-state index in [2.05, 4.69) is 19.9 Å². The second kappa shape index (κ2) is 4.66. The lowest BCUT2D eigenvalue weighted by atomic mass is 9.91. The van der Waals surface area contributed by atoms with E-state index in [0.717, 1.165) is 18.4 Å². The second-order valence-electron chi connectivity index (χ2n) is 3.43. The number of hydrogen-bond donors (Lipinski definition) is 1. The number of nitrogen functional groups attached to an aromatic ring is 1. The Morgan fingerprint density at radius 3 is 2.50 bits per heavy atom. The first-order valence-corrected chi connectivity index (χ1v) is 5.03. The first-order valence-electron chi connectivity index (χ1n) is 5.03. The van der Waals surface area contributed by atoms with Gasteiger partial charge in [-0.15, -0.1) is 0 Å². The monoisotopic (exact) mass is 188 g/mol. The third-order valence-electron chi connectivity index (χ3n) is 2.69. The molecule has 0 aliphatic heterocycles. The van der Waals surface area contributed by atoms with E-state index in [1.54, 1.807) is 6.07 Å². The van der Waals surface area contributed by atoms with Crippen molar-refractivity contribution in [2.24, 2.45) is 0 Å². The lowest BCUT2D eigenvalue weighted by molar-refractivity contribution is 0.643. The average molecular weight is 188 g/mol. The van der Waals surface area contributed by atoms with Crippen LogP contribution in [0, 0.1) is 11.3 Å². The maximum absolute atomic E-state index is 8.84. The van der Waals surface area contributed by atoms with Crippen LogP contribution < -0.4 is 5.73 Å². The van der Waals surface area contributed by atoms with E-state index in [9.17, 15) is 0 Å². The van der Waals surface area contributed by atoms with Crippen molar-refractivity contribution in [3.05, 3.63) is 29.3 Å². The van der Waals surface area contributed by atoms with Gasteiger partial charge in [0.25, 0.3) is 0 Å². The molecular weight excluding hydrogens is 172 g/mol. The molecule has 0 saturated heterocycles. The van der Waals surface area contributed by atoms with E-state index in [1.807, 2.05) is 12.1 Å². The summed E-state index contributed by atoms with van der Waals surface area (Å²) in [5.74, 6) is 0.475. The van der Waals surface area contributed by atoms with Gasteiger partial charge in [0.1, 0.15) is 6.07 Å². The predicted molar refractivity (Wildman–Crippen MR) is 58.9 cm³/mol. The molecule has 2 heteroatoms. The van der Waals surface area contributed by atoms with Crippen LogP contribution in [0.5, 0.6) is 0 Å². The van der Waals surface area contributed by atoms with E-state index in [4.69, 9.17) is 11.0 Å². The number of nitriles is 1. The van der Waals surface area contributed by atoms with Crippen molar-refractivity contribution >= 4 is 5.69 Å². The Kier molecular flexibility index (Phi) is 3.53. The van der Waals surface area contributed by atoms with Gasteiger partial charge in [-0.2, -0.15) is 5.26 Å². The van der Waals surface area contributed by atoms with Crippen LogP contribution in [0.25, 0.3) is 0 Å². The first-order chi connectivity index (χ1) is 6.74. The van der Waals surface area contributed by atoms with Crippen LogP contribution in [-0.2, 0) is 0 Å². The summed E-state index contributed by atoms with van der Waals surface area (Å²) < 4.78 is 0. The molecule has 0 atom stereocenters. The molecule has 0 aromatic heterocycles. The Balaban J connectivity index is 3.15. The van der Waals surface area contributed by atoms with Crippen molar-refractivity contribution in [3.8, 4) is 6.07 Å². The van der Waals surface area contributed by atoms with Crippen molar-refractivity contribution in [1.29, 1.82) is 5.26 Å². The van der Waals surface area contributed by atoms with Crippen LogP contribution in [0.3, 0.4) is 0 Å². The molecule has 0 saturated carbocycles. The third-order valence-corrected chi connectivity index (χ3v) is 2.69. The minimum atomic E-state index is 0.475. The molecule has 0 spiro atoms. The predicted octanol–water partition coefficient (Wildman–Crippen LogP) is 3.04. The first kappa shape index (κ1) is 10.6. The Bertz CT molecular complexity index is 346. The number of para-hydroxylation sites is 1. The van der Waals surface area contributed by atoms with Gasteiger partial charge in [0.2, 0.25) is 0 Å². The number of benzene rings is 1. The molecule has 14 heavy (non-hydrogen) atoms. The fraction of sp³-hybridized carbons (Fsp3) is 0.417. The van der Waals surface area contributed by atoms with Crippen molar-refractivity contribution in [2.75, 3.05) is 5.73 Å². The van der Waals surface area contributed by atoms with E-state index >= 15 is 0 Å². The van der Waals surface area contributed by atoms with Crippen molar-refractivity contribution < 1.29 is 0 Å². The molecule has 0 heterocycles. The lowest BCUT2D eigenvalue weighted by Crippen LogP contribution is -2.02. The van der Waals surface area contributed by atoms with Crippen LogP contribution in [0.4, 0.5) is 5.69 Å². The maximum Gasteiger partial charge on any atom is 0.101 e. The van der Waals surface area contributed by atoms with Gasteiger partial charge >= 0.3 is 0 Å². The van der Waals surface area contributed by atoms with Crippen molar-refractivity contribution in [1.82, 2.24) is 0 Å². The number of hydrogen-bond acceptors (Lipinski definition) is 2. The minimum absolute atomic E-state index is 0.475. The molecule has 1 rings (SSSR count). The minimum Gasteiger partial charge on any atom is -0.397 e. The highest BCUT2D eigenvalue weighted by molar-refractivity contribution is 5.60. The highest BCUT2D eigenvalue weighted by Gasteiger charge is 2.12. The van der Waals surface area contributed by atoms with E-state index in [1.165, 1.54) is 0 Å². The molecule has 2 N–H and O–H groups in total. The Labute approximate surface area is 85.4 Å². The maximum atomic E-state index is 8.84. The van der Waals surface area contributed by atoms with Crippen LogP contribution >= 0.6 is 0 Å². The molecule has 2 nitrogen and oxygen atoms in total. The molecule has 1 aromatic rings. The average Bonchev–Trinajstić information content (AvgIpc) is 2.22. The summed E-state index contributed by atoms with van der Waals surface area (Å²) in [4.78, 5) is 0. The molecule has 1 aromatic carbocycles. The summed E-state index contributed by atoms with van der Waals surface area (Å²) >= 11 is 0. The molecule has 0 radical (unpaired) electrons. The zero-order valence-electron chi connectivity index (χ0n) is 8.75. The summed E-state index contributed by atoms with van der Waals surface area (Å²) in [5, 5.41) is 8.84. The van der Waals surface area contributed by atoms with Gasteiger partial charge in [0, 0.05) is 0 Å². The van der Waals surface area contributed by atoms with E-state index in [0.29, 0.717) is 17.2 Å². The Morgan fingerprint density at radius 1 is 1.36 bits per heavy atom. The summed E-state index contributed by atoms with van der Waals surface area (Å²) in [6, 6.07) is 7.81. The molecule has 0 fully saturated rings. The number of anilines is 1. The normalized spacial score (nSPS) is 10.1. The van der Waals surface area contributed by atoms with Gasteiger partial charge in [0.15, 0.2) is 0 Å². The fourth-order valence-corrected chi connectivity index (χ4v) is 1.77. The molecule has 0 aliphatic carbocycles. The van der Waals surface area contributed by atoms with Crippen LogP contribution in [0.2, 0.25) is 0 Å². The van der Waals surface area contributed by atoms with Gasteiger partial charge in [-0.3, -0.25) is 0 Å². The third kappa shape index (κ3) is 1.88. The van der Waals surface area contributed by atoms with Crippen LogP contribution in [-0.4, -0.2) is 0 Å². The Hall–Kier alpha value is -1.49. The summed E-state index contributed by atoms with van der Waals surface area (Å²) in [7, 11) is 0. The number of rotatable bonds is 3. The molecule has 0 amide bonds. The van der Waals surface area contributed by atoms with Crippen molar-refractivity contribution in [2.45, 2.75) is 32.6 Å². The largest absolute Gasteiger partial charge is 0.397 e. The zero-order valence-corrected chi connectivity index (χ0v) is 8.75. The topological polar surface area (TPSA) is 49.8 Å². The van der Waals surface area contributed by atoms with Crippen LogP contribution in [0.15, 0.2) is 18.2 Å². The van der Waals surface area contributed by atoms with Gasteiger partial charge in [0.05, 0.1) is 11.3 Å². The molecule has 0 bridgehead atoms. The fourth-order valence-electron chi connectivity index (χ4n) is 1.77. The second-order valence-corrected chi connectivity index (χ2v) is 3.43. The summed E-state index contributed by atoms with van der Waals surface area (Å²) in [6.07, 6.45) is 2.13. The summed E-state index contributed by atoms with van der Waals surface area (Å²) in [6.45, 7) is 4.29. The van der Waals surface area contributed by atoms with Gasteiger partial charge < -0.3 is 5.73 Å². The quantitative estimate of drug-likeness (QED) is 0.741. The summed E-state index contributed by atoms with van der Waals surface area (Å²) in [5.41, 5.74) is 8.29. The number of nitrogens with zero attached hydrogens (tertiary/aromatic N) is 1. The van der Waals surface area contributed by atoms with E-state index < -0.39 is 0 Å². The Morgan fingerprint density at radius 2 is 2.00 bits per heavy atom. The van der Waals surface area contributed by atoms with Gasteiger partial charge in [-0.05, 0) is 30.4 Å². The smallest absolute Gasteiger partial charge is 0.101 e.